The number of hydrogen-bond acceptors (Lipinski definition) is 2. The third kappa shape index (κ3) is 3.95. The summed E-state index contributed by atoms with van der Waals surface area (Å²) < 4.78 is 0. The lowest BCUT2D eigenvalue weighted by atomic mass is 9.89. The number of amides is 1. The fraction of sp³-hybridized carbons (Fsp3) is 0.846. The summed E-state index contributed by atoms with van der Waals surface area (Å²) >= 11 is 5.19. The number of hydrogen-bond donors (Lipinski definition) is 2. The zero-order valence-electron chi connectivity index (χ0n) is 10.3. The van der Waals surface area contributed by atoms with Crippen LogP contribution in [0.4, 0.5) is 0 Å². The SMILES string of the molecule is O=C(NC(=S)NC1CCCC1)C1CCCCC1. The van der Waals surface area contributed by atoms with Crippen LogP contribution in [0.15, 0.2) is 0 Å². The fourth-order valence-corrected chi connectivity index (χ4v) is 3.14. The van der Waals surface area contributed by atoms with Gasteiger partial charge in [-0.3, -0.25) is 4.79 Å². The lowest BCUT2D eigenvalue weighted by Crippen LogP contribution is -2.45. The van der Waals surface area contributed by atoms with Crippen LogP contribution in [-0.2, 0) is 4.79 Å². The second-order valence-corrected chi connectivity index (χ2v) is 5.69. The third-order valence-electron chi connectivity index (χ3n) is 3.90. The van der Waals surface area contributed by atoms with E-state index in [0.717, 1.165) is 12.8 Å². The van der Waals surface area contributed by atoms with Crippen molar-refractivity contribution in [2.75, 3.05) is 0 Å². The minimum atomic E-state index is 0.125. The van der Waals surface area contributed by atoms with Crippen molar-refractivity contribution in [3.05, 3.63) is 0 Å². The summed E-state index contributed by atoms with van der Waals surface area (Å²) in [5.41, 5.74) is 0. The van der Waals surface area contributed by atoms with E-state index in [1.165, 1.54) is 44.9 Å². The molecule has 1 amide bonds. The van der Waals surface area contributed by atoms with Crippen molar-refractivity contribution in [2.45, 2.75) is 63.8 Å². The molecule has 3 nitrogen and oxygen atoms in total. The monoisotopic (exact) mass is 254 g/mol. The van der Waals surface area contributed by atoms with Gasteiger partial charge in [0.1, 0.15) is 0 Å². The quantitative estimate of drug-likeness (QED) is 0.744. The average molecular weight is 254 g/mol. The van der Waals surface area contributed by atoms with E-state index >= 15 is 0 Å². The molecule has 17 heavy (non-hydrogen) atoms. The first-order valence-electron chi connectivity index (χ1n) is 6.87. The molecule has 0 heterocycles. The third-order valence-corrected chi connectivity index (χ3v) is 4.12. The van der Waals surface area contributed by atoms with Crippen LogP contribution in [0.25, 0.3) is 0 Å². The van der Waals surface area contributed by atoms with E-state index in [1.807, 2.05) is 0 Å². The molecule has 0 spiro atoms. The zero-order chi connectivity index (χ0) is 12.1. The molecule has 2 fully saturated rings. The second-order valence-electron chi connectivity index (χ2n) is 5.28. The fourth-order valence-electron chi connectivity index (χ4n) is 2.87. The standard InChI is InChI=1S/C13H22N2OS/c16-12(10-6-2-1-3-7-10)15-13(17)14-11-8-4-5-9-11/h10-11H,1-9H2,(H2,14,15,16,17). The number of thiocarbonyl (C=S) groups is 1. The van der Waals surface area contributed by atoms with Crippen molar-refractivity contribution in [1.82, 2.24) is 10.6 Å². The molecule has 0 unspecified atom stereocenters. The Morgan fingerprint density at radius 3 is 2.18 bits per heavy atom. The number of carbonyl (C=O) groups excluding carboxylic acids is 1. The van der Waals surface area contributed by atoms with Crippen molar-refractivity contribution in [3.8, 4) is 0 Å². The van der Waals surface area contributed by atoms with Gasteiger partial charge in [0.25, 0.3) is 0 Å². The highest BCUT2D eigenvalue weighted by molar-refractivity contribution is 7.80. The van der Waals surface area contributed by atoms with Gasteiger partial charge < -0.3 is 10.6 Å². The van der Waals surface area contributed by atoms with Gasteiger partial charge >= 0.3 is 0 Å². The van der Waals surface area contributed by atoms with Gasteiger partial charge in [-0.05, 0) is 37.9 Å². The van der Waals surface area contributed by atoms with E-state index in [4.69, 9.17) is 12.2 Å². The number of rotatable bonds is 2. The van der Waals surface area contributed by atoms with Crippen molar-refractivity contribution in [2.24, 2.45) is 5.92 Å². The van der Waals surface area contributed by atoms with E-state index in [1.54, 1.807) is 0 Å². The highest BCUT2D eigenvalue weighted by Crippen LogP contribution is 2.23. The molecule has 2 aliphatic carbocycles. The maximum Gasteiger partial charge on any atom is 0.229 e. The Bertz CT molecular complexity index is 281. The van der Waals surface area contributed by atoms with Crippen LogP contribution in [0.3, 0.4) is 0 Å². The Morgan fingerprint density at radius 1 is 0.941 bits per heavy atom. The normalized spacial score (nSPS) is 22.4. The lowest BCUT2D eigenvalue weighted by molar-refractivity contribution is -0.124. The Kier molecular flexibility index (Phi) is 4.77. The Balaban J connectivity index is 1.71. The van der Waals surface area contributed by atoms with Gasteiger partial charge in [0.05, 0.1) is 0 Å². The molecule has 0 aliphatic heterocycles. The molecule has 2 aliphatic rings. The summed E-state index contributed by atoms with van der Waals surface area (Å²) in [6.07, 6.45) is 10.6. The van der Waals surface area contributed by atoms with Gasteiger partial charge in [-0.15, -0.1) is 0 Å². The highest BCUT2D eigenvalue weighted by atomic mass is 32.1. The summed E-state index contributed by atoms with van der Waals surface area (Å²) in [5.74, 6) is 0.312. The molecule has 2 rings (SSSR count). The Morgan fingerprint density at radius 2 is 1.53 bits per heavy atom. The van der Waals surface area contributed by atoms with Crippen molar-refractivity contribution >= 4 is 23.2 Å². The Hall–Kier alpha value is -0.640. The summed E-state index contributed by atoms with van der Waals surface area (Å²) in [4.78, 5) is 11.9. The summed E-state index contributed by atoms with van der Waals surface area (Å²) in [6.45, 7) is 0. The molecule has 96 valence electrons. The van der Waals surface area contributed by atoms with Gasteiger partial charge in [0.2, 0.25) is 5.91 Å². The largest absolute Gasteiger partial charge is 0.360 e. The van der Waals surface area contributed by atoms with Crippen LogP contribution < -0.4 is 10.6 Å². The zero-order valence-corrected chi connectivity index (χ0v) is 11.2. The minimum absolute atomic E-state index is 0.125. The molecule has 0 aromatic heterocycles. The van der Waals surface area contributed by atoms with Crippen LogP contribution in [0.5, 0.6) is 0 Å². The van der Waals surface area contributed by atoms with E-state index in [0.29, 0.717) is 11.2 Å². The van der Waals surface area contributed by atoms with Gasteiger partial charge in [-0.2, -0.15) is 0 Å². The molecule has 0 atom stereocenters. The van der Waals surface area contributed by atoms with Gasteiger partial charge in [-0.25, -0.2) is 0 Å². The predicted molar refractivity (Wildman–Crippen MR) is 72.7 cm³/mol. The highest BCUT2D eigenvalue weighted by Gasteiger charge is 2.22. The molecule has 0 aromatic rings. The Labute approximate surface area is 109 Å². The van der Waals surface area contributed by atoms with Crippen LogP contribution in [0, 0.1) is 5.92 Å². The van der Waals surface area contributed by atoms with Crippen molar-refractivity contribution in [1.29, 1.82) is 0 Å². The van der Waals surface area contributed by atoms with Crippen LogP contribution in [0.1, 0.15) is 57.8 Å². The first-order valence-corrected chi connectivity index (χ1v) is 7.28. The van der Waals surface area contributed by atoms with Crippen LogP contribution in [0.2, 0.25) is 0 Å². The van der Waals surface area contributed by atoms with Gasteiger partial charge in [-0.1, -0.05) is 32.1 Å². The summed E-state index contributed by atoms with van der Waals surface area (Å²) in [5, 5.41) is 6.64. The topological polar surface area (TPSA) is 41.1 Å². The lowest BCUT2D eigenvalue weighted by Gasteiger charge is -2.22. The molecule has 0 bridgehead atoms. The van der Waals surface area contributed by atoms with Crippen LogP contribution >= 0.6 is 12.2 Å². The average Bonchev–Trinajstić information content (AvgIpc) is 2.82. The molecule has 4 heteroatoms. The minimum Gasteiger partial charge on any atom is -0.360 e. The van der Waals surface area contributed by atoms with Crippen molar-refractivity contribution < 1.29 is 4.79 Å². The maximum atomic E-state index is 11.9. The second kappa shape index (κ2) is 6.34. The molecule has 0 aromatic carbocycles. The van der Waals surface area contributed by atoms with E-state index in [2.05, 4.69) is 10.6 Å². The molecular weight excluding hydrogens is 232 g/mol. The van der Waals surface area contributed by atoms with E-state index in [9.17, 15) is 4.79 Å². The van der Waals surface area contributed by atoms with Crippen LogP contribution in [-0.4, -0.2) is 17.1 Å². The molecule has 0 radical (unpaired) electrons. The number of nitrogens with one attached hydrogen (secondary N) is 2. The first-order chi connectivity index (χ1) is 8.25. The predicted octanol–water partition coefficient (Wildman–Crippen LogP) is 2.50. The maximum absolute atomic E-state index is 11.9. The van der Waals surface area contributed by atoms with Gasteiger partial charge in [0, 0.05) is 12.0 Å². The molecule has 0 saturated heterocycles. The van der Waals surface area contributed by atoms with Gasteiger partial charge in [0.15, 0.2) is 5.11 Å². The molecule has 2 N–H and O–H groups in total. The summed E-state index contributed by atoms with van der Waals surface area (Å²) in [6, 6.07) is 0.481. The van der Waals surface area contributed by atoms with Crippen molar-refractivity contribution in [3.63, 3.8) is 0 Å². The molecular formula is C13H22N2OS. The summed E-state index contributed by atoms with van der Waals surface area (Å²) in [7, 11) is 0. The molecule has 2 saturated carbocycles. The number of carbonyl (C=O) groups is 1. The first kappa shape index (κ1) is 12.8. The van der Waals surface area contributed by atoms with E-state index < -0.39 is 0 Å². The smallest absolute Gasteiger partial charge is 0.229 e. The van der Waals surface area contributed by atoms with E-state index in [-0.39, 0.29) is 11.8 Å².